The van der Waals surface area contributed by atoms with E-state index in [2.05, 4.69) is 17.3 Å². The smallest absolute Gasteiger partial charge is 0.0897 e. The van der Waals surface area contributed by atoms with Crippen LogP contribution in [-0.4, -0.2) is 49.3 Å². The lowest BCUT2D eigenvalue weighted by Gasteiger charge is -2.37. The van der Waals surface area contributed by atoms with Crippen LogP contribution >= 0.6 is 0 Å². The summed E-state index contributed by atoms with van der Waals surface area (Å²) >= 11 is 0. The molecule has 0 aliphatic carbocycles. The molecule has 1 aliphatic heterocycles. The van der Waals surface area contributed by atoms with E-state index in [0.717, 1.165) is 25.9 Å². The van der Waals surface area contributed by atoms with Crippen molar-refractivity contribution in [3.05, 3.63) is 0 Å². The fraction of sp³-hybridized carbons (Fsp3) is 1.00. The number of likely N-dealkylation sites (tertiary alicyclic amines) is 1. The summed E-state index contributed by atoms with van der Waals surface area (Å²) in [6.45, 7) is 2.62. The first-order chi connectivity index (χ1) is 5.16. The molecule has 66 valence electrons. The van der Waals surface area contributed by atoms with Crippen molar-refractivity contribution in [2.24, 2.45) is 0 Å². The Balaban J connectivity index is 2.41. The molecular weight excluding hydrogens is 140 g/mol. The van der Waals surface area contributed by atoms with Crippen LogP contribution in [0.15, 0.2) is 0 Å². The van der Waals surface area contributed by atoms with E-state index in [1.807, 2.05) is 7.05 Å². The summed E-state index contributed by atoms with van der Waals surface area (Å²) < 4.78 is 0. The minimum absolute atomic E-state index is 0.484. The summed E-state index contributed by atoms with van der Waals surface area (Å²) in [7, 11) is 3.94. The Hall–Kier alpha value is -0.120. The quantitative estimate of drug-likeness (QED) is 0.577. The molecule has 0 amide bonds. The van der Waals surface area contributed by atoms with Crippen LogP contribution in [0.2, 0.25) is 0 Å². The van der Waals surface area contributed by atoms with Crippen molar-refractivity contribution in [3.8, 4) is 0 Å². The molecule has 1 heterocycles. The normalized spacial score (nSPS) is 34.1. The zero-order valence-electron chi connectivity index (χ0n) is 7.43. The molecule has 1 rings (SSSR count). The Bertz CT molecular complexity index is 125. The standard InChI is InChI=1S/C8H18N2O/c1-9-6-8(11)4-3-5-10(2)7-8/h9,11H,3-7H2,1-2H3. The number of nitrogens with zero attached hydrogens (tertiary/aromatic N) is 1. The van der Waals surface area contributed by atoms with Crippen molar-refractivity contribution in [2.75, 3.05) is 33.7 Å². The molecule has 0 bridgehead atoms. The van der Waals surface area contributed by atoms with Gasteiger partial charge in [-0.15, -0.1) is 0 Å². The maximum atomic E-state index is 9.94. The van der Waals surface area contributed by atoms with Gasteiger partial charge >= 0.3 is 0 Å². The molecule has 0 aromatic heterocycles. The van der Waals surface area contributed by atoms with Gasteiger partial charge in [0, 0.05) is 13.1 Å². The van der Waals surface area contributed by atoms with Crippen LogP contribution in [0.25, 0.3) is 0 Å². The first-order valence-electron chi connectivity index (χ1n) is 4.22. The number of hydrogen-bond acceptors (Lipinski definition) is 3. The fourth-order valence-electron chi connectivity index (χ4n) is 1.81. The van der Waals surface area contributed by atoms with Gasteiger partial charge in [0.05, 0.1) is 5.60 Å². The molecular formula is C8H18N2O. The summed E-state index contributed by atoms with van der Waals surface area (Å²) in [5, 5.41) is 13.0. The average molecular weight is 158 g/mol. The first-order valence-corrected chi connectivity index (χ1v) is 4.22. The van der Waals surface area contributed by atoms with Crippen molar-refractivity contribution in [1.82, 2.24) is 10.2 Å². The number of aliphatic hydroxyl groups is 1. The minimum Gasteiger partial charge on any atom is -0.387 e. The highest BCUT2D eigenvalue weighted by atomic mass is 16.3. The Morgan fingerprint density at radius 1 is 1.64 bits per heavy atom. The summed E-state index contributed by atoms with van der Waals surface area (Å²) in [5.41, 5.74) is -0.484. The van der Waals surface area contributed by atoms with Crippen LogP contribution in [-0.2, 0) is 0 Å². The Morgan fingerprint density at radius 3 is 2.91 bits per heavy atom. The second-order valence-electron chi connectivity index (χ2n) is 3.60. The fourth-order valence-corrected chi connectivity index (χ4v) is 1.81. The van der Waals surface area contributed by atoms with Gasteiger partial charge in [-0.25, -0.2) is 0 Å². The topological polar surface area (TPSA) is 35.5 Å². The highest BCUT2D eigenvalue weighted by Crippen LogP contribution is 2.18. The molecule has 1 unspecified atom stereocenters. The maximum absolute atomic E-state index is 9.94. The molecule has 1 aliphatic rings. The third kappa shape index (κ3) is 2.43. The molecule has 0 aromatic carbocycles. The Kier molecular flexibility index (Phi) is 2.87. The van der Waals surface area contributed by atoms with Crippen LogP contribution in [0.1, 0.15) is 12.8 Å². The molecule has 2 N–H and O–H groups in total. The van der Waals surface area contributed by atoms with E-state index in [9.17, 15) is 5.11 Å². The number of likely N-dealkylation sites (N-methyl/N-ethyl adjacent to an activating group) is 2. The third-order valence-electron chi connectivity index (χ3n) is 2.25. The van der Waals surface area contributed by atoms with Crippen molar-refractivity contribution in [2.45, 2.75) is 18.4 Å². The molecule has 1 fully saturated rings. The van der Waals surface area contributed by atoms with Gasteiger partial charge in [-0.1, -0.05) is 0 Å². The molecule has 0 aromatic rings. The highest BCUT2D eigenvalue weighted by molar-refractivity contribution is 4.87. The van der Waals surface area contributed by atoms with Gasteiger partial charge < -0.3 is 15.3 Å². The summed E-state index contributed by atoms with van der Waals surface area (Å²) in [5.74, 6) is 0. The predicted octanol–water partition coefficient (Wildman–Crippen LogP) is -0.338. The van der Waals surface area contributed by atoms with E-state index in [-0.39, 0.29) is 0 Å². The average Bonchev–Trinajstić information content (AvgIpc) is 1.86. The molecule has 1 saturated heterocycles. The van der Waals surface area contributed by atoms with E-state index < -0.39 is 5.60 Å². The maximum Gasteiger partial charge on any atom is 0.0897 e. The third-order valence-corrected chi connectivity index (χ3v) is 2.25. The van der Waals surface area contributed by atoms with Gasteiger partial charge in [0.1, 0.15) is 0 Å². The van der Waals surface area contributed by atoms with E-state index >= 15 is 0 Å². The number of β-amino-alcohol motifs (C(OH)–C–C–N with tert-alkyl or cyclic N) is 1. The lowest BCUT2D eigenvalue weighted by molar-refractivity contribution is -0.0202. The lowest BCUT2D eigenvalue weighted by Crippen LogP contribution is -2.51. The second-order valence-corrected chi connectivity index (χ2v) is 3.60. The van der Waals surface area contributed by atoms with Crippen molar-refractivity contribution in [3.63, 3.8) is 0 Å². The summed E-state index contributed by atoms with van der Waals surface area (Å²) in [4.78, 5) is 2.18. The Morgan fingerprint density at radius 2 is 2.36 bits per heavy atom. The zero-order chi connectivity index (χ0) is 8.32. The molecule has 0 spiro atoms. The molecule has 0 saturated carbocycles. The molecule has 3 nitrogen and oxygen atoms in total. The lowest BCUT2D eigenvalue weighted by atomic mass is 9.93. The van der Waals surface area contributed by atoms with Gasteiger partial charge in [-0.2, -0.15) is 0 Å². The SMILES string of the molecule is CNCC1(O)CCCN(C)C1. The molecule has 1 atom stereocenters. The van der Waals surface area contributed by atoms with Gasteiger partial charge in [0.2, 0.25) is 0 Å². The van der Waals surface area contributed by atoms with Crippen molar-refractivity contribution in [1.29, 1.82) is 0 Å². The number of hydrogen-bond donors (Lipinski definition) is 2. The minimum atomic E-state index is -0.484. The van der Waals surface area contributed by atoms with Crippen LogP contribution in [0, 0.1) is 0 Å². The largest absolute Gasteiger partial charge is 0.387 e. The number of rotatable bonds is 2. The molecule has 11 heavy (non-hydrogen) atoms. The monoisotopic (exact) mass is 158 g/mol. The summed E-state index contributed by atoms with van der Waals surface area (Å²) in [6, 6.07) is 0. The Labute approximate surface area is 68.4 Å². The van der Waals surface area contributed by atoms with E-state index in [1.54, 1.807) is 0 Å². The van der Waals surface area contributed by atoms with Crippen molar-refractivity contribution < 1.29 is 5.11 Å². The second kappa shape index (κ2) is 3.52. The van der Waals surface area contributed by atoms with Gasteiger partial charge in [0.25, 0.3) is 0 Å². The zero-order valence-corrected chi connectivity index (χ0v) is 7.43. The van der Waals surface area contributed by atoms with Crippen LogP contribution in [0.5, 0.6) is 0 Å². The van der Waals surface area contributed by atoms with Gasteiger partial charge in [0.15, 0.2) is 0 Å². The van der Waals surface area contributed by atoms with E-state index in [1.165, 1.54) is 0 Å². The van der Waals surface area contributed by atoms with Gasteiger partial charge in [-0.3, -0.25) is 0 Å². The predicted molar refractivity (Wildman–Crippen MR) is 45.6 cm³/mol. The summed E-state index contributed by atoms with van der Waals surface area (Å²) in [6.07, 6.45) is 2.03. The van der Waals surface area contributed by atoms with E-state index in [4.69, 9.17) is 0 Å². The first kappa shape index (κ1) is 8.97. The number of piperidine rings is 1. The van der Waals surface area contributed by atoms with Gasteiger partial charge in [-0.05, 0) is 33.5 Å². The molecule has 3 heteroatoms. The highest BCUT2D eigenvalue weighted by Gasteiger charge is 2.30. The van der Waals surface area contributed by atoms with Crippen LogP contribution < -0.4 is 5.32 Å². The van der Waals surface area contributed by atoms with Crippen molar-refractivity contribution >= 4 is 0 Å². The van der Waals surface area contributed by atoms with Crippen LogP contribution in [0.4, 0.5) is 0 Å². The van der Waals surface area contributed by atoms with E-state index in [0.29, 0.717) is 6.54 Å². The van der Waals surface area contributed by atoms with Crippen LogP contribution in [0.3, 0.4) is 0 Å². The molecule has 0 radical (unpaired) electrons. The number of nitrogens with one attached hydrogen (secondary N) is 1.